The predicted molar refractivity (Wildman–Crippen MR) is 67.6 cm³/mol. The summed E-state index contributed by atoms with van der Waals surface area (Å²) in [6.45, 7) is 0. The van der Waals surface area contributed by atoms with Crippen LogP contribution in [0.4, 0.5) is 5.69 Å². The quantitative estimate of drug-likeness (QED) is 0.491. The van der Waals surface area contributed by atoms with Gasteiger partial charge in [0.05, 0.1) is 5.88 Å². The van der Waals surface area contributed by atoms with Crippen molar-refractivity contribution in [2.24, 2.45) is 0 Å². The van der Waals surface area contributed by atoms with Gasteiger partial charge < -0.3 is 5.73 Å². The third kappa shape index (κ3) is 1.49. The lowest BCUT2D eigenvalue weighted by atomic mass is 10.1. The van der Waals surface area contributed by atoms with Crippen molar-refractivity contribution in [2.75, 3.05) is 12.0 Å². The van der Waals surface area contributed by atoms with E-state index >= 15 is 0 Å². The summed E-state index contributed by atoms with van der Waals surface area (Å²) >= 11 is 9.30. The average Bonchev–Trinajstić information content (AvgIpc) is 2.65. The summed E-state index contributed by atoms with van der Waals surface area (Å²) in [7, 11) is 0. The van der Waals surface area contributed by atoms with Crippen LogP contribution in [0, 0.1) is 0 Å². The van der Waals surface area contributed by atoms with E-state index in [1.165, 1.54) is 9.60 Å². The molecule has 74 valence electrons. The van der Waals surface area contributed by atoms with E-state index in [9.17, 15) is 0 Å². The van der Waals surface area contributed by atoms with Crippen molar-refractivity contribution >= 4 is 50.5 Å². The second-order valence-corrected chi connectivity index (χ2v) is 5.00. The maximum atomic E-state index is 6.06. The standard InChI is InChI=1S/C10H10ClNS2/c1-13-8-4-9-6(2-3-14-9)10(12)7(8)5-11/h2-4H,5,12H2,1H3. The molecule has 2 aromatic rings. The molecule has 0 bridgehead atoms. The van der Waals surface area contributed by atoms with Crippen LogP contribution in [0.3, 0.4) is 0 Å². The Hall–Kier alpha value is -0.380. The van der Waals surface area contributed by atoms with E-state index in [2.05, 4.69) is 17.5 Å². The average molecular weight is 244 g/mol. The minimum atomic E-state index is 0.480. The second-order valence-electron chi connectivity index (χ2n) is 2.94. The fourth-order valence-corrected chi connectivity index (χ4v) is 3.42. The number of hydrogen-bond donors (Lipinski definition) is 1. The van der Waals surface area contributed by atoms with Crippen LogP contribution in [-0.2, 0) is 5.88 Å². The van der Waals surface area contributed by atoms with E-state index < -0.39 is 0 Å². The smallest absolute Gasteiger partial charge is 0.0505 e. The zero-order valence-electron chi connectivity index (χ0n) is 7.71. The predicted octanol–water partition coefficient (Wildman–Crippen LogP) is 3.94. The van der Waals surface area contributed by atoms with Crippen molar-refractivity contribution in [2.45, 2.75) is 10.8 Å². The maximum Gasteiger partial charge on any atom is 0.0505 e. The fraction of sp³-hybridized carbons (Fsp3) is 0.200. The number of thiophene rings is 1. The molecule has 4 heteroatoms. The van der Waals surface area contributed by atoms with Crippen LogP contribution in [0.1, 0.15) is 5.56 Å². The molecule has 0 saturated carbocycles. The molecule has 0 aliphatic carbocycles. The van der Waals surface area contributed by atoms with Gasteiger partial charge in [-0.1, -0.05) is 0 Å². The number of thioether (sulfide) groups is 1. The van der Waals surface area contributed by atoms with Gasteiger partial charge in [-0.05, 0) is 23.8 Å². The molecule has 0 aliphatic rings. The number of nitrogens with two attached hydrogens (primary N) is 1. The van der Waals surface area contributed by atoms with Crippen LogP contribution >= 0.6 is 34.7 Å². The normalized spacial score (nSPS) is 11.0. The highest BCUT2D eigenvalue weighted by atomic mass is 35.5. The Morgan fingerprint density at radius 1 is 1.57 bits per heavy atom. The molecule has 0 aliphatic heterocycles. The Morgan fingerprint density at radius 2 is 2.36 bits per heavy atom. The summed E-state index contributed by atoms with van der Waals surface area (Å²) in [4.78, 5) is 1.19. The van der Waals surface area contributed by atoms with Crippen molar-refractivity contribution in [3.63, 3.8) is 0 Å². The van der Waals surface area contributed by atoms with E-state index in [0.717, 1.165) is 16.6 Å². The molecule has 0 atom stereocenters. The van der Waals surface area contributed by atoms with Gasteiger partial charge in [0.25, 0.3) is 0 Å². The molecular formula is C10H10ClNS2. The topological polar surface area (TPSA) is 26.0 Å². The van der Waals surface area contributed by atoms with Crippen molar-refractivity contribution in [3.05, 3.63) is 23.1 Å². The van der Waals surface area contributed by atoms with Crippen LogP contribution in [-0.4, -0.2) is 6.26 Å². The molecule has 0 radical (unpaired) electrons. The molecule has 0 spiro atoms. The lowest BCUT2D eigenvalue weighted by Gasteiger charge is -2.08. The van der Waals surface area contributed by atoms with Crippen molar-refractivity contribution in [1.82, 2.24) is 0 Å². The summed E-state index contributed by atoms with van der Waals surface area (Å²) in [6, 6.07) is 4.22. The number of alkyl halides is 1. The van der Waals surface area contributed by atoms with E-state index in [0.29, 0.717) is 5.88 Å². The highest BCUT2D eigenvalue weighted by molar-refractivity contribution is 7.98. The van der Waals surface area contributed by atoms with Gasteiger partial charge in [-0.15, -0.1) is 34.7 Å². The zero-order chi connectivity index (χ0) is 10.1. The molecule has 14 heavy (non-hydrogen) atoms. The number of anilines is 1. The second kappa shape index (κ2) is 4.01. The van der Waals surface area contributed by atoms with Crippen LogP contribution in [0.25, 0.3) is 10.1 Å². The molecular weight excluding hydrogens is 234 g/mol. The van der Waals surface area contributed by atoms with E-state index in [1.54, 1.807) is 23.1 Å². The zero-order valence-corrected chi connectivity index (χ0v) is 10.1. The summed E-state index contributed by atoms with van der Waals surface area (Å²) < 4.78 is 1.24. The highest BCUT2D eigenvalue weighted by Crippen LogP contribution is 2.36. The lowest BCUT2D eigenvalue weighted by Crippen LogP contribution is -1.94. The number of nitrogen functional groups attached to an aromatic ring is 1. The van der Waals surface area contributed by atoms with E-state index in [4.69, 9.17) is 17.3 Å². The van der Waals surface area contributed by atoms with Gasteiger partial charge in [-0.2, -0.15) is 0 Å². The molecule has 1 aromatic carbocycles. The van der Waals surface area contributed by atoms with Crippen LogP contribution in [0.5, 0.6) is 0 Å². The van der Waals surface area contributed by atoms with Gasteiger partial charge in [0, 0.05) is 26.2 Å². The fourth-order valence-electron chi connectivity index (χ4n) is 1.48. The van der Waals surface area contributed by atoms with Crippen LogP contribution in [0.15, 0.2) is 22.4 Å². The van der Waals surface area contributed by atoms with Crippen molar-refractivity contribution < 1.29 is 0 Å². The Balaban J connectivity index is 2.79. The minimum absolute atomic E-state index is 0.480. The highest BCUT2D eigenvalue weighted by Gasteiger charge is 2.10. The largest absolute Gasteiger partial charge is 0.398 e. The first kappa shape index (κ1) is 10.1. The summed E-state index contributed by atoms with van der Waals surface area (Å²) in [5.74, 6) is 0.480. The first-order valence-corrected chi connectivity index (χ1v) is 6.80. The van der Waals surface area contributed by atoms with Gasteiger partial charge in [0.1, 0.15) is 0 Å². The van der Waals surface area contributed by atoms with Gasteiger partial charge in [0.15, 0.2) is 0 Å². The molecule has 1 heterocycles. The summed E-state index contributed by atoms with van der Waals surface area (Å²) in [5, 5.41) is 3.19. The third-order valence-corrected chi connectivity index (χ3v) is 4.16. The monoisotopic (exact) mass is 243 g/mol. The lowest BCUT2D eigenvalue weighted by molar-refractivity contribution is 1.29. The van der Waals surface area contributed by atoms with Gasteiger partial charge >= 0.3 is 0 Å². The Morgan fingerprint density at radius 3 is 3.00 bits per heavy atom. The summed E-state index contributed by atoms with van der Waals surface area (Å²) in [5.41, 5.74) is 7.96. The molecule has 1 nitrogen and oxygen atoms in total. The van der Waals surface area contributed by atoms with Crippen LogP contribution < -0.4 is 5.73 Å². The number of hydrogen-bond acceptors (Lipinski definition) is 3. The molecule has 0 unspecified atom stereocenters. The van der Waals surface area contributed by atoms with Crippen molar-refractivity contribution in [3.8, 4) is 0 Å². The number of rotatable bonds is 2. The number of halogens is 1. The van der Waals surface area contributed by atoms with E-state index in [-0.39, 0.29) is 0 Å². The minimum Gasteiger partial charge on any atom is -0.398 e. The van der Waals surface area contributed by atoms with Gasteiger partial charge in [-0.3, -0.25) is 0 Å². The Labute approximate surface area is 96.2 Å². The molecule has 0 fully saturated rings. The van der Waals surface area contributed by atoms with Gasteiger partial charge in [0.2, 0.25) is 0 Å². The first-order valence-electron chi connectivity index (χ1n) is 4.16. The summed E-state index contributed by atoms with van der Waals surface area (Å²) in [6.07, 6.45) is 2.05. The molecule has 0 saturated heterocycles. The van der Waals surface area contributed by atoms with E-state index in [1.807, 2.05) is 6.26 Å². The van der Waals surface area contributed by atoms with Gasteiger partial charge in [-0.25, -0.2) is 0 Å². The molecule has 0 amide bonds. The Kier molecular flexibility index (Phi) is 2.91. The molecule has 2 rings (SSSR count). The van der Waals surface area contributed by atoms with Crippen LogP contribution in [0.2, 0.25) is 0 Å². The molecule has 1 aromatic heterocycles. The maximum absolute atomic E-state index is 6.06. The first-order chi connectivity index (χ1) is 6.77. The third-order valence-electron chi connectivity index (χ3n) is 2.22. The SMILES string of the molecule is CSc1cc2sccc2c(N)c1CCl. The molecule has 2 N–H and O–H groups in total. The number of fused-ring (bicyclic) bond motifs is 1. The van der Waals surface area contributed by atoms with Crippen molar-refractivity contribution in [1.29, 1.82) is 0 Å². The Bertz CT molecular complexity index is 464. The number of benzene rings is 1.